The summed E-state index contributed by atoms with van der Waals surface area (Å²) >= 11 is 0. The van der Waals surface area contributed by atoms with Crippen LogP contribution in [0.1, 0.15) is 65.2 Å². The Morgan fingerprint density at radius 1 is 1.08 bits per heavy atom. The van der Waals surface area contributed by atoms with Crippen molar-refractivity contribution >= 4 is 0 Å². The third kappa shape index (κ3) is 2.50. The number of hydrogen-bond donors (Lipinski definition) is 0. The summed E-state index contributed by atoms with van der Waals surface area (Å²) in [5, 5.41) is 0. The maximum absolute atomic E-state index is 3.73. The van der Waals surface area contributed by atoms with Crippen molar-refractivity contribution in [2.45, 2.75) is 65.2 Å². The van der Waals surface area contributed by atoms with E-state index in [0.29, 0.717) is 5.41 Å². The molecule has 0 unspecified atom stereocenters. The Bertz CT molecular complexity index is 93.7. The van der Waals surface area contributed by atoms with Gasteiger partial charge in [0, 0.05) is 0 Å². The molecule has 0 nitrogen and oxygen atoms in total. The Balaban J connectivity index is 2.44. The van der Waals surface area contributed by atoms with E-state index in [1.807, 2.05) is 0 Å². The minimum atomic E-state index is 0.530. The van der Waals surface area contributed by atoms with Crippen LogP contribution in [0.2, 0.25) is 0 Å². The zero-order chi connectivity index (χ0) is 8.86. The molecule has 70 valence electrons. The molecule has 0 saturated heterocycles. The second kappa shape index (κ2) is 4.89. The molecule has 2 radical (unpaired) electrons. The molecule has 0 aromatic carbocycles. The molecule has 0 N–H and O–H groups in total. The van der Waals surface area contributed by atoms with Crippen LogP contribution in [0.5, 0.6) is 0 Å². The summed E-state index contributed by atoms with van der Waals surface area (Å²) in [5.74, 6) is 0. The average Bonchev–Trinajstić information content (AvgIpc) is 2.07. The molecular formula is C12H22. The van der Waals surface area contributed by atoms with Gasteiger partial charge >= 0.3 is 0 Å². The van der Waals surface area contributed by atoms with Gasteiger partial charge in [0.2, 0.25) is 0 Å². The summed E-state index contributed by atoms with van der Waals surface area (Å²) in [6.07, 6.45) is 14.6. The molecule has 1 aliphatic rings. The molecule has 1 saturated carbocycles. The van der Waals surface area contributed by atoms with E-state index in [1.54, 1.807) is 0 Å². The smallest absolute Gasteiger partial charge is 0.0106 e. The minimum Gasteiger partial charge on any atom is -0.0654 e. The van der Waals surface area contributed by atoms with Crippen molar-refractivity contribution in [1.82, 2.24) is 0 Å². The van der Waals surface area contributed by atoms with Crippen LogP contribution < -0.4 is 0 Å². The van der Waals surface area contributed by atoms with Crippen LogP contribution in [-0.2, 0) is 0 Å². The highest BCUT2D eigenvalue weighted by molar-refractivity contribution is 4.94. The highest BCUT2D eigenvalue weighted by Crippen LogP contribution is 2.42. The minimum absolute atomic E-state index is 0.530. The second-order valence-corrected chi connectivity index (χ2v) is 4.16. The lowest BCUT2D eigenvalue weighted by atomic mass is 9.69. The second-order valence-electron chi connectivity index (χ2n) is 4.16. The largest absolute Gasteiger partial charge is 0.0654 e. The molecule has 0 bridgehead atoms. The van der Waals surface area contributed by atoms with Gasteiger partial charge in [0.1, 0.15) is 0 Å². The Labute approximate surface area is 77.7 Å². The third-order valence-electron chi connectivity index (χ3n) is 3.04. The van der Waals surface area contributed by atoms with Gasteiger partial charge < -0.3 is 0 Å². The molecule has 1 aliphatic carbocycles. The van der Waals surface area contributed by atoms with Crippen LogP contribution in [0.25, 0.3) is 0 Å². The fourth-order valence-electron chi connectivity index (χ4n) is 2.54. The summed E-state index contributed by atoms with van der Waals surface area (Å²) in [6.45, 7) is 4.60. The normalized spacial score (nSPS) is 22.5. The molecule has 0 spiro atoms. The van der Waals surface area contributed by atoms with Gasteiger partial charge in [-0.15, -0.1) is 0 Å². The first kappa shape index (κ1) is 10.1. The van der Waals surface area contributed by atoms with Gasteiger partial charge in [-0.3, -0.25) is 0 Å². The maximum atomic E-state index is 3.73. The molecule has 0 aromatic heterocycles. The van der Waals surface area contributed by atoms with Gasteiger partial charge in [-0.2, -0.15) is 0 Å². The Morgan fingerprint density at radius 2 is 1.75 bits per heavy atom. The molecule has 12 heavy (non-hydrogen) atoms. The SMILES string of the molecule is CCCC1(CCC)[C]CCCC1. The fourth-order valence-corrected chi connectivity index (χ4v) is 2.54. The molecule has 0 amide bonds. The van der Waals surface area contributed by atoms with Crippen molar-refractivity contribution in [3.63, 3.8) is 0 Å². The van der Waals surface area contributed by atoms with Crippen molar-refractivity contribution in [1.29, 1.82) is 0 Å². The van der Waals surface area contributed by atoms with Crippen LogP contribution in [0, 0.1) is 11.8 Å². The van der Waals surface area contributed by atoms with E-state index in [9.17, 15) is 0 Å². The monoisotopic (exact) mass is 166 g/mol. The highest BCUT2D eigenvalue weighted by Gasteiger charge is 2.30. The Kier molecular flexibility index (Phi) is 4.11. The first-order valence-electron chi connectivity index (χ1n) is 5.58. The lowest BCUT2D eigenvalue weighted by molar-refractivity contribution is 0.222. The van der Waals surface area contributed by atoms with Crippen molar-refractivity contribution in [3.05, 3.63) is 6.42 Å². The van der Waals surface area contributed by atoms with E-state index in [2.05, 4.69) is 20.3 Å². The molecule has 0 aromatic rings. The van der Waals surface area contributed by atoms with Gasteiger partial charge in [-0.05, 0) is 37.5 Å². The topological polar surface area (TPSA) is 0 Å². The van der Waals surface area contributed by atoms with Crippen molar-refractivity contribution < 1.29 is 0 Å². The highest BCUT2D eigenvalue weighted by atomic mass is 14.3. The average molecular weight is 166 g/mol. The van der Waals surface area contributed by atoms with Crippen LogP contribution in [-0.4, -0.2) is 0 Å². The van der Waals surface area contributed by atoms with E-state index in [1.165, 1.54) is 51.4 Å². The predicted molar refractivity (Wildman–Crippen MR) is 54.0 cm³/mol. The molecular weight excluding hydrogens is 144 g/mol. The standard InChI is InChI=1S/C12H22/c1-3-8-12(9-4-2)10-6-5-7-11-12/h3-10H2,1-2H3. The first-order chi connectivity index (χ1) is 5.83. The lowest BCUT2D eigenvalue weighted by Gasteiger charge is -2.36. The molecule has 0 atom stereocenters. The molecule has 1 rings (SSSR count). The van der Waals surface area contributed by atoms with Crippen LogP contribution in [0.4, 0.5) is 0 Å². The van der Waals surface area contributed by atoms with Crippen molar-refractivity contribution in [3.8, 4) is 0 Å². The van der Waals surface area contributed by atoms with Crippen molar-refractivity contribution in [2.75, 3.05) is 0 Å². The van der Waals surface area contributed by atoms with E-state index >= 15 is 0 Å². The van der Waals surface area contributed by atoms with Gasteiger partial charge in [0.15, 0.2) is 0 Å². The summed E-state index contributed by atoms with van der Waals surface area (Å²) in [6, 6.07) is 0. The van der Waals surface area contributed by atoms with Gasteiger partial charge in [-0.25, -0.2) is 0 Å². The first-order valence-corrected chi connectivity index (χ1v) is 5.58. The summed E-state index contributed by atoms with van der Waals surface area (Å²) in [5.41, 5.74) is 0.530. The third-order valence-corrected chi connectivity index (χ3v) is 3.04. The van der Waals surface area contributed by atoms with Gasteiger partial charge in [0.25, 0.3) is 0 Å². The Morgan fingerprint density at radius 3 is 2.17 bits per heavy atom. The molecule has 0 aliphatic heterocycles. The van der Waals surface area contributed by atoms with E-state index in [0.717, 1.165) is 0 Å². The zero-order valence-electron chi connectivity index (χ0n) is 8.66. The van der Waals surface area contributed by atoms with E-state index in [4.69, 9.17) is 0 Å². The van der Waals surface area contributed by atoms with Crippen LogP contribution >= 0.6 is 0 Å². The summed E-state index contributed by atoms with van der Waals surface area (Å²) in [7, 11) is 0. The molecule has 0 heteroatoms. The maximum Gasteiger partial charge on any atom is -0.0106 e. The van der Waals surface area contributed by atoms with Gasteiger partial charge in [0.05, 0.1) is 0 Å². The zero-order valence-corrected chi connectivity index (χ0v) is 8.66. The van der Waals surface area contributed by atoms with Gasteiger partial charge in [-0.1, -0.05) is 39.5 Å². The summed E-state index contributed by atoms with van der Waals surface area (Å²) < 4.78 is 0. The van der Waals surface area contributed by atoms with Crippen molar-refractivity contribution in [2.24, 2.45) is 5.41 Å². The summed E-state index contributed by atoms with van der Waals surface area (Å²) in [4.78, 5) is 0. The lowest BCUT2D eigenvalue weighted by Crippen LogP contribution is -2.24. The predicted octanol–water partition coefficient (Wildman–Crippen LogP) is 4.23. The number of hydrogen-bond acceptors (Lipinski definition) is 0. The van der Waals surface area contributed by atoms with Crippen LogP contribution in [0.3, 0.4) is 0 Å². The fraction of sp³-hybridized carbons (Fsp3) is 0.917. The van der Waals surface area contributed by atoms with E-state index < -0.39 is 0 Å². The molecule has 1 fully saturated rings. The van der Waals surface area contributed by atoms with Crippen LogP contribution in [0.15, 0.2) is 0 Å². The Hall–Kier alpha value is 0. The molecule has 0 heterocycles. The number of rotatable bonds is 4. The quantitative estimate of drug-likeness (QED) is 0.586. The van der Waals surface area contributed by atoms with E-state index in [-0.39, 0.29) is 0 Å².